The number of hydrogen-bond donors (Lipinski definition) is 1. The Labute approximate surface area is 233 Å². The molecule has 39 heavy (non-hydrogen) atoms. The Morgan fingerprint density at radius 1 is 1.13 bits per heavy atom. The molecule has 3 heterocycles. The Kier molecular flexibility index (Phi) is 8.92. The van der Waals surface area contributed by atoms with Crippen molar-refractivity contribution in [1.82, 2.24) is 19.2 Å². The van der Waals surface area contributed by atoms with Gasteiger partial charge in [0.1, 0.15) is 12.2 Å². The highest BCUT2D eigenvalue weighted by Crippen LogP contribution is 2.42. The molecule has 1 saturated heterocycles. The molecular formula is C26H32ClN5O6S. The molecule has 11 nitrogen and oxygen atoms in total. The number of ether oxygens (including phenoxy) is 3. The molecule has 0 aliphatic carbocycles. The topological polar surface area (TPSA) is 123 Å². The van der Waals surface area contributed by atoms with E-state index in [-0.39, 0.29) is 23.2 Å². The number of carbonyl (C=O) groups excluding carboxylic acids is 1. The molecule has 1 aromatic heterocycles. The summed E-state index contributed by atoms with van der Waals surface area (Å²) in [4.78, 5) is 24.4. The summed E-state index contributed by atoms with van der Waals surface area (Å²) < 4.78 is 43.7. The van der Waals surface area contributed by atoms with Gasteiger partial charge in [-0.3, -0.25) is 9.69 Å². The minimum absolute atomic E-state index is 0. The van der Waals surface area contributed by atoms with Crippen LogP contribution in [0.1, 0.15) is 23.6 Å². The Balaban J connectivity index is 0.00000353. The van der Waals surface area contributed by atoms with Crippen LogP contribution in [0.25, 0.3) is 10.9 Å². The molecule has 1 unspecified atom stereocenters. The number of hydrogen-bond acceptors (Lipinski definition) is 9. The van der Waals surface area contributed by atoms with Crippen LogP contribution in [-0.2, 0) is 19.6 Å². The lowest BCUT2D eigenvalue weighted by molar-refractivity contribution is -0.116. The van der Waals surface area contributed by atoms with Gasteiger partial charge in [0.2, 0.25) is 15.9 Å². The molecule has 13 heteroatoms. The molecule has 0 saturated carbocycles. The van der Waals surface area contributed by atoms with Crippen LogP contribution < -0.4 is 14.8 Å². The molecule has 2 aliphatic heterocycles. The van der Waals surface area contributed by atoms with Gasteiger partial charge >= 0.3 is 0 Å². The van der Waals surface area contributed by atoms with Crippen molar-refractivity contribution >= 4 is 44.9 Å². The maximum absolute atomic E-state index is 13.1. The number of carbonyl (C=O) groups is 1. The number of morpholine rings is 1. The van der Waals surface area contributed by atoms with Crippen LogP contribution in [0.15, 0.2) is 41.6 Å². The number of aromatic nitrogens is 2. The van der Waals surface area contributed by atoms with Crippen LogP contribution >= 0.6 is 12.4 Å². The lowest BCUT2D eigenvalue weighted by atomic mass is 9.94. The van der Waals surface area contributed by atoms with Gasteiger partial charge in [0.15, 0.2) is 11.5 Å². The molecule has 2 aliphatic rings. The third-order valence-electron chi connectivity index (χ3n) is 6.84. The van der Waals surface area contributed by atoms with E-state index in [1.807, 2.05) is 0 Å². The van der Waals surface area contributed by atoms with E-state index >= 15 is 0 Å². The molecule has 1 N–H and O–H groups in total. The minimum atomic E-state index is -3.68. The lowest BCUT2D eigenvalue weighted by Gasteiger charge is -2.26. The van der Waals surface area contributed by atoms with E-state index < -0.39 is 15.9 Å². The molecule has 1 fully saturated rings. The fraction of sp³-hybridized carbons (Fsp3) is 0.423. The van der Waals surface area contributed by atoms with Gasteiger partial charge in [0.05, 0.1) is 43.0 Å². The number of benzene rings is 2. The summed E-state index contributed by atoms with van der Waals surface area (Å²) in [6.45, 7) is 4.82. The molecule has 5 rings (SSSR count). The summed E-state index contributed by atoms with van der Waals surface area (Å²) in [6.07, 6.45) is 2.26. The fourth-order valence-corrected chi connectivity index (χ4v) is 5.70. The first-order valence-corrected chi connectivity index (χ1v) is 13.9. The zero-order valence-corrected chi connectivity index (χ0v) is 23.7. The summed E-state index contributed by atoms with van der Waals surface area (Å²) in [7, 11) is 0.810. The Bertz CT molecular complexity index is 1460. The molecule has 0 radical (unpaired) electrons. The monoisotopic (exact) mass is 577 g/mol. The van der Waals surface area contributed by atoms with Crippen molar-refractivity contribution in [2.24, 2.45) is 0 Å². The maximum atomic E-state index is 13.1. The number of amides is 1. The molecule has 1 amide bonds. The highest BCUT2D eigenvalue weighted by molar-refractivity contribution is 7.89. The summed E-state index contributed by atoms with van der Waals surface area (Å²) in [5.74, 6) is -0.0376. The van der Waals surface area contributed by atoms with Crippen LogP contribution in [0.3, 0.4) is 0 Å². The third kappa shape index (κ3) is 5.80. The first kappa shape index (κ1) is 29.0. The van der Waals surface area contributed by atoms with Gasteiger partial charge < -0.3 is 19.5 Å². The number of methoxy groups -OCH3 is 1. The summed E-state index contributed by atoms with van der Waals surface area (Å²) in [5.41, 5.74) is 2.15. The van der Waals surface area contributed by atoms with Crippen molar-refractivity contribution in [2.45, 2.75) is 17.2 Å². The van der Waals surface area contributed by atoms with Crippen LogP contribution in [-0.4, -0.2) is 94.2 Å². The molecule has 3 aromatic rings. The van der Waals surface area contributed by atoms with E-state index in [9.17, 15) is 13.2 Å². The molecule has 210 valence electrons. The van der Waals surface area contributed by atoms with Gasteiger partial charge in [-0.05, 0) is 36.2 Å². The molecule has 0 spiro atoms. The van der Waals surface area contributed by atoms with Crippen molar-refractivity contribution in [3.8, 4) is 11.5 Å². The van der Waals surface area contributed by atoms with Crippen LogP contribution in [0, 0.1) is 0 Å². The quantitative estimate of drug-likeness (QED) is 0.382. The van der Waals surface area contributed by atoms with E-state index in [0.29, 0.717) is 46.0 Å². The largest absolute Gasteiger partial charge is 0.493 e. The van der Waals surface area contributed by atoms with E-state index in [1.165, 1.54) is 32.6 Å². The molecule has 1 atom stereocenters. The number of nitrogens with zero attached hydrogens (tertiary/aromatic N) is 4. The normalized spacial score (nSPS) is 17.5. The van der Waals surface area contributed by atoms with Crippen molar-refractivity contribution in [2.75, 3.05) is 66.0 Å². The number of sulfonamides is 1. The van der Waals surface area contributed by atoms with Gasteiger partial charge in [0, 0.05) is 50.9 Å². The number of anilines is 1. The minimum Gasteiger partial charge on any atom is -0.493 e. The highest BCUT2D eigenvalue weighted by atomic mass is 35.5. The second-order valence-corrected chi connectivity index (χ2v) is 11.5. The van der Waals surface area contributed by atoms with Crippen LogP contribution in [0.4, 0.5) is 5.69 Å². The molecular weight excluding hydrogens is 546 g/mol. The van der Waals surface area contributed by atoms with Gasteiger partial charge in [-0.15, -0.1) is 12.4 Å². The zero-order valence-electron chi connectivity index (χ0n) is 22.0. The zero-order chi connectivity index (χ0) is 26.9. The van der Waals surface area contributed by atoms with Crippen molar-refractivity contribution in [1.29, 1.82) is 0 Å². The molecule has 0 bridgehead atoms. The van der Waals surface area contributed by atoms with Crippen molar-refractivity contribution < 1.29 is 27.4 Å². The Morgan fingerprint density at radius 2 is 1.90 bits per heavy atom. The van der Waals surface area contributed by atoms with Crippen molar-refractivity contribution in [3.05, 3.63) is 47.9 Å². The van der Waals surface area contributed by atoms with Gasteiger partial charge in [-0.2, -0.15) is 0 Å². The van der Waals surface area contributed by atoms with Crippen molar-refractivity contribution in [3.63, 3.8) is 0 Å². The summed E-state index contributed by atoms with van der Waals surface area (Å²) >= 11 is 0. The average molecular weight is 578 g/mol. The second-order valence-electron chi connectivity index (χ2n) is 9.39. The van der Waals surface area contributed by atoms with E-state index in [2.05, 4.69) is 20.2 Å². The predicted octanol–water partition coefficient (Wildman–Crippen LogP) is 2.50. The molecule has 2 aromatic carbocycles. The Morgan fingerprint density at radius 3 is 2.62 bits per heavy atom. The van der Waals surface area contributed by atoms with Crippen LogP contribution in [0.2, 0.25) is 0 Å². The SMILES string of the molecule is COc1cc2c(C3C(=O)Nc4ccc(S(=O)(=O)N(C)C)cc43)ncnc2cc1OCCCN1CCOCC1.Cl. The van der Waals surface area contributed by atoms with Gasteiger partial charge in [-0.25, -0.2) is 22.7 Å². The first-order chi connectivity index (χ1) is 18.3. The number of nitrogens with one attached hydrogen (secondary N) is 1. The third-order valence-corrected chi connectivity index (χ3v) is 8.65. The Hall–Kier alpha value is -3.03. The summed E-state index contributed by atoms with van der Waals surface area (Å²) in [6, 6.07) is 8.18. The number of halogens is 1. The van der Waals surface area contributed by atoms with E-state index in [4.69, 9.17) is 14.2 Å². The van der Waals surface area contributed by atoms with Gasteiger partial charge in [0.25, 0.3) is 0 Å². The first-order valence-electron chi connectivity index (χ1n) is 12.4. The van der Waals surface area contributed by atoms with Gasteiger partial charge in [-0.1, -0.05) is 0 Å². The second kappa shape index (κ2) is 12.0. The standard InChI is InChI=1S/C26H31N5O6S.ClH/c1-30(2)38(33,34)17-5-6-20-18(13-17)24(26(32)29-20)25-19-14-22(35-3)23(15-21(19)27-16-28-25)37-10-4-7-31-8-11-36-12-9-31;/h5-6,13-16,24H,4,7-12H2,1-3H3,(H,29,32);1H. The number of fused-ring (bicyclic) bond motifs is 2. The average Bonchev–Trinajstić information content (AvgIpc) is 3.25. The lowest BCUT2D eigenvalue weighted by Crippen LogP contribution is -2.37. The smallest absolute Gasteiger partial charge is 0.242 e. The highest BCUT2D eigenvalue weighted by Gasteiger charge is 2.36. The van der Waals surface area contributed by atoms with Crippen LogP contribution in [0.5, 0.6) is 11.5 Å². The fourth-order valence-electron chi connectivity index (χ4n) is 4.76. The van der Waals surface area contributed by atoms with E-state index in [1.54, 1.807) is 25.3 Å². The summed E-state index contributed by atoms with van der Waals surface area (Å²) in [5, 5.41) is 3.47. The van der Waals surface area contributed by atoms with E-state index in [0.717, 1.165) is 43.6 Å². The maximum Gasteiger partial charge on any atom is 0.242 e. The number of rotatable bonds is 9. The predicted molar refractivity (Wildman–Crippen MR) is 148 cm³/mol.